The van der Waals surface area contributed by atoms with E-state index in [2.05, 4.69) is 0 Å². The second-order valence-corrected chi connectivity index (χ2v) is 4.02. The van der Waals surface area contributed by atoms with E-state index < -0.39 is 22.9 Å². The maximum absolute atomic E-state index is 11.1. The van der Waals surface area contributed by atoms with Gasteiger partial charge < -0.3 is 9.84 Å². The van der Waals surface area contributed by atoms with Gasteiger partial charge >= 0.3 is 6.09 Å². The molecule has 0 aromatic heterocycles. The summed E-state index contributed by atoms with van der Waals surface area (Å²) < 4.78 is 21.4. The molecule has 2 unspecified atom stereocenters. The zero-order valence-corrected chi connectivity index (χ0v) is 8.17. The van der Waals surface area contributed by atoms with Gasteiger partial charge in [0.1, 0.15) is 5.54 Å². The van der Waals surface area contributed by atoms with Crippen LogP contribution in [0.1, 0.15) is 6.92 Å². The molecule has 76 valence electrons. The molecule has 0 aromatic rings. The molecule has 0 saturated carbocycles. The Hall–Kier alpha value is -0.660. The Kier molecular flexibility index (Phi) is 2.89. The zero-order chi connectivity index (χ0) is 10.1. The highest BCUT2D eigenvalue weighted by Crippen LogP contribution is 2.26. The number of carbonyl (C=O) groups is 1. The summed E-state index contributed by atoms with van der Waals surface area (Å²) in [4.78, 5) is 10.7. The number of carboxylic acid groups (broad SMARTS) is 1. The van der Waals surface area contributed by atoms with Crippen LogP contribution in [0.15, 0.2) is 0 Å². The van der Waals surface area contributed by atoms with Gasteiger partial charge in [-0.3, -0.25) is 4.18 Å². The van der Waals surface area contributed by atoms with Crippen molar-refractivity contribution in [3.05, 3.63) is 0 Å². The molecule has 1 saturated heterocycles. The summed E-state index contributed by atoms with van der Waals surface area (Å²) >= 11 is -1.91. The quantitative estimate of drug-likeness (QED) is 0.691. The van der Waals surface area contributed by atoms with Gasteiger partial charge in [0.15, 0.2) is 0 Å². The van der Waals surface area contributed by atoms with Crippen molar-refractivity contribution in [1.82, 2.24) is 4.31 Å². The van der Waals surface area contributed by atoms with Crippen LogP contribution in [0, 0.1) is 0 Å². The minimum Gasteiger partial charge on any atom is -0.464 e. The van der Waals surface area contributed by atoms with Crippen LogP contribution in [0.25, 0.3) is 0 Å². The number of ether oxygens (including phenoxy) is 1. The first-order valence-corrected chi connectivity index (χ1v) is 4.62. The van der Waals surface area contributed by atoms with E-state index in [0.29, 0.717) is 0 Å². The van der Waals surface area contributed by atoms with E-state index in [0.717, 1.165) is 4.31 Å². The van der Waals surface area contributed by atoms with Gasteiger partial charge in [0.05, 0.1) is 13.2 Å². The maximum Gasteiger partial charge on any atom is 0.421 e. The number of amides is 1. The highest BCUT2D eigenvalue weighted by molar-refractivity contribution is 7.78. The fourth-order valence-corrected chi connectivity index (χ4v) is 2.23. The summed E-state index contributed by atoms with van der Waals surface area (Å²) in [7, 11) is 1.45. The van der Waals surface area contributed by atoms with Crippen LogP contribution >= 0.6 is 0 Å². The van der Waals surface area contributed by atoms with Crippen molar-refractivity contribution >= 4 is 17.4 Å². The molecule has 1 fully saturated rings. The van der Waals surface area contributed by atoms with Crippen molar-refractivity contribution in [2.24, 2.45) is 0 Å². The highest BCUT2D eigenvalue weighted by atomic mass is 32.2. The molecule has 0 aromatic carbocycles. The predicted molar refractivity (Wildman–Crippen MR) is 44.2 cm³/mol. The van der Waals surface area contributed by atoms with Gasteiger partial charge in [-0.25, -0.2) is 9.00 Å². The predicted octanol–water partition coefficient (Wildman–Crippen LogP) is -0.0196. The first kappa shape index (κ1) is 10.4. The van der Waals surface area contributed by atoms with Crippen molar-refractivity contribution < 1.29 is 23.0 Å². The molecule has 1 heterocycles. The van der Waals surface area contributed by atoms with E-state index in [1.807, 2.05) is 0 Å². The first-order chi connectivity index (χ1) is 6.01. The molecule has 1 aliphatic heterocycles. The van der Waals surface area contributed by atoms with Crippen molar-refractivity contribution in [2.75, 3.05) is 20.3 Å². The number of rotatable bonds is 2. The largest absolute Gasteiger partial charge is 0.464 e. The van der Waals surface area contributed by atoms with Gasteiger partial charge in [-0.1, -0.05) is 0 Å². The van der Waals surface area contributed by atoms with Crippen LogP contribution in [0.4, 0.5) is 4.79 Å². The topological polar surface area (TPSA) is 76.1 Å². The average molecular weight is 209 g/mol. The molecule has 0 bridgehead atoms. The molecular weight excluding hydrogens is 198 g/mol. The lowest BCUT2D eigenvalue weighted by atomic mass is 10.1. The van der Waals surface area contributed by atoms with Gasteiger partial charge in [0.2, 0.25) is 0 Å². The van der Waals surface area contributed by atoms with Crippen LogP contribution in [0.5, 0.6) is 0 Å². The fraction of sp³-hybridized carbons (Fsp3) is 0.833. The molecule has 0 spiro atoms. The maximum atomic E-state index is 11.1. The van der Waals surface area contributed by atoms with E-state index in [1.165, 1.54) is 7.11 Å². The molecule has 13 heavy (non-hydrogen) atoms. The van der Waals surface area contributed by atoms with Gasteiger partial charge in [-0.15, -0.1) is 0 Å². The van der Waals surface area contributed by atoms with Crippen LogP contribution in [0.3, 0.4) is 0 Å². The molecular formula is C6H11NO5S. The average Bonchev–Trinajstić information content (AvgIpc) is 2.27. The minimum atomic E-state index is -1.91. The lowest BCUT2D eigenvalue weighted by Gasteiger charge is -2.27. The molecule has 1 amide bonds. The number of methoxy groups -OCH3 is 1. The molecule has 1 aliphatic rings. The third-order valence-corrected chi connectivity index (χ3v) is 2.95. The van der Waals surface area contributed by atoms with E-state index >= 15 is 0 Å². The van der Waals surface area contributed by atoms with E-state index in [9.17, 15) is 9.00 Å². The standard InChI is InChI=1S/C6H11NO5S/c1-6(3-11-2)4-12-13(10)7(6)5(8)9/h3-4H2,1-2H3,(H,8,9). The molecule has 7 heteroatoms. The van der Waals surface area contributed by atoms with E-state index in [4.69, 9.17) is 14.0 Å². The second kappa shape index (κ2) is 3.60. The Labute approximate surface area is 78.2 Å². The normalized spacial score (nSPS) is 33.7. The Morgan fingerprint density at radius 3 is 2.92 bits per heavy atom. The Morgan fingerprint density at radius 1 is 1.85 bits per heavy atom. The van der Waals surface area contributed by atoms with Crippen molar-refractivity contribution in [2.45, 2.75) is 12.5 Å². The van der Waals surface area contributed by atoms with Gasteiger partial charge in [-0.2, -0.15) is 4.31 Å². The third-order valence-electron chi connectivity index (χ3n) is 1.74. The van der Waals surface area contributed by atoms with Crippen molar-refractivity contribution in [3.63, 3.8) is 0 Å². The molecule has 6 nitrogen and oxygen atoms in total. The third kappa shape index (κ3) is 1.82. The smallest absolute Gasteiger partial charge is 0.421 e. The summed E-state index contributed by atoms with van der Waals surface area (Å²) in [5.41, 5.74) is -0.856. The van der Waals surface area contributed by atoms with Gasteiger partial charge in [0.25, 0.3) is 11.3 Å². The Bertz CT molecular complexity index is 245. The molecule has 2 atom stereocenters. The number of nitrogens with zero attached hydrogens (tertiary/aromatic N) is 1. The molecule has 0 radical (unpaired) electrons. The SMILES string of the molecule is COCC1(C)COS(=O)N1C(=O)O. The van der Waals surface area contributed by atoms with E-state index in [-0.39, 0.29) is 13.2 Å². The van der Waals surface area contributed by atoms with Crippen LogP contribution in [-0.2, 0) is 20.2 Å². The summed E-state index contributed by atoms with van der Waals surface area (Å²) in [6, 6.07) is 0. The molecule has 1 rings (SSSR count). The summed E-state index contributed by atoms with van der Waals surface area (Å²) in [6.45, 7) is 1.86. The second-order valence-electron chi connectivity index (χ2n) is 2.99. The van der Waals surface area contributed by atoms with Crippen molar-refractivity contribution in [1.29, 1.82) is 0 Å². The van der Waals surface area contributed by atoms with Crippen LogP contribution < -0.4 is 0 Å². The monoisotopic (exact) mass is 209 g/mol. The zero-order valence-electron chi connectivity index (χ0n) is 7.35. The number of hydrogen-bond donors (Lipinski definition) is 1. The lowest BCUT2D eigenvalue weighted by molar-refractivity contribution is 0.0683. The molecule has 1 N–H and O–H groups in total. The van der Waals surface area contributed by atoms with Crippen molar-refractivity contribution in [3.8, 4) is 0 Å². The highest BCUT2D eigenvalue weighted by Gasteiger charge is 2.47. The fourth-order valence-electron chi connectivity index (χ4n) is 1.17. The molecule has 0 aliphatic carbocycles. The van der Waals surface area contributed by atoms with Gasteiger partial charge in [0, 0.05) is 7.11 Å². The summed E-state index contributed by atoms with van der Waals surface area (Å²) in [6.07, 6.45) is -1.27. The summed E-state index contributed by atoms with van der Waals surface area (Å²) in [5.74, 6) is 0. The number of hydrogen-bond acceptors (Lipinski definition) is 4. The Balaban J connectivity index is 2.85. The first-order valence-electron chi connectivity index (χ1n) is 3.58. The summed E-state index contributed by atoms with van der Waals surface area (Å²) in [5, 5.41) is 8.74. The minimum absolute atomic E-state index is 0.0831. The van der Waals surface area contributed by atoms with Gasteiger partial charge in [-0.05, 0) is 6.92 Å². The van der Waals surface area contributed by atoms with E-state index in [1.54, 1.807) is 6.92 Å². The Morgan fingerprint density at radius 2 is 2.46 bits per heavy atom. The van der Waals surface area contributed by atoms with Crippen LogP contribution in [0.2, 0.25) is 0 Å². The lowest BCUT2D eigenvalue weighted by Crippen LogP contribution is -2.49. The van der Waals surface area contributed by atoms with Crippen LogP contribution in [-0.4, -0.2) is 45.6 Å².